The lowest BCUT2D eigenvalue weighted by Crippen LogP contribution is -1.97. The van der Waals surface area contributed by atoms with Crippen molar-refractivity contribution in [3.05, 3.63) is 29.5 Å². The molecule has 1 saturated carbocycles. The van der Waals surface area contributed by atoms with Gasteiger partial charge in [-0.05, 0) is 46.7 Å². The Balaban J connectivity index is 2.26. The molecular weight excluding hydrogens is 290 g/mol. The number of aromatic nitrogens is 1. The zero-order valence-corrected chi connectivity index (χ0v) is 12.8. The second kappa shape index (κ2) is 5.87. The van der Waals surface area contributed by atoms with Crippen LogP contribution in [0.4, 0.5) is 0 Å². The molecule has 3 heteroatoms. The molecular formula is C15H20BrNO. The van der Waals surface area contributed by atoms with Crippen LogP contribution in [0.2, 0.25) is 0 Å². The molecule has 1 fully saturated rings. The van der Waals surface area contributed by atoms with Gasteiger partial charge in [0.1, 0.15) is 0 Å². The number of halogens is 1. The van der Waals surface area contributed by atoms with Crippen LogP contribution in [0.3, 0.4) is 0 Å². The number of methoxy groups -OCH3 is 1. The fourth-order valence-electron chi connectivity index (χ4n) is 1.91. The van der Waals surface area contributed by atoms with E-state index in [1.807, 2.05) is 0 Å². The Kier molecular flexibility index (Phi) is 4.44. The maximum absolute atomic E-state index is 5.41. The molecule has 1 aromatic heterocycles. The van der Waals surface area contributed by atoms with E-state index >= 15 is 0 Å². The molecule has 1 atom stereocenters. The Morgan fingerprint density at radius 3 is 2.83 bits per heavy atom. The van der Waals surface area contributed by atoms with E-state index in [2.05, 4.69) is 53.0 Å². The van der Waals surface area contributed by atoms with Crippen molar-refractivity contribution in [2.45, 2.75) is 39.0 Å². The third-order valence-corrected chi connectivity index (χ3v) is 4.09. The summed E-state index contributed by atoms with van der Waals surface area (Å²) in [5.74, 6) is 2.00. The molecule has 2 nitrogen and oxygen atoms in total. The van der Waals surface area contributed by atoms with Gasteiger partial charge in [0.05, 0.1) is 12.8 Å². The van der Waals surface area contributed by atoms with Crippen molar-refractivity contribution in [3.63, 3.8) is 0 Å². The van der Waals surface area contributed by atoms with E-state index in [-0.39, 0.29) is 0 Å². The number of rotatable bonds is 5. The molecule has 0 spiro atoms. The highest BCUT2D eigenvalue weighted by atomic mass is 79.9. The Bertz CT molecular complexity index is 452. The lowest BCUT2D eigenvalue weighted by atomic mass is 10.1. The van der Waals surface area contributed by atoms with Gasteiger partial charge in [0, 0.05) is 10.0 Å². The highest BCUT2D eigenvalue weighted by molar-refractivity contribution is 9.15. The predicted molar refractivity (Wildman–Crippen MR) is 79.1 cm³/mol. The molecule has 0 amide bonds. The summed E-state index contributed by atoms with van der Waals surface area (Å²) in [4.78, 5) is 4.60. The summed E-state index contributed by atoms with van der Waals surface area (Å²) in [7, 11) is 1.70. The highest BCUT2D eigenvalue weighted by Gasteiger charge is 2.27. The monoisotopic (exact) mass is 309 g/mol. The Morgan fingerprint density at radius 1 is 1.56 bits per heavy atom. The summed E-state index contributed by atoms with van der Waals surface area (Å²) in [5, 5.41) is 0. The van der Waals surface area contributed by atoms with E-state index < -0.39 is 0 Å². The second-order valence-electron chi connectivity index (χ2n) is 4.97. The van der Waals surface area contributed by atoms with Crippen molar-refractivity contribution < 1.29 is 4.74 Å². The van der Waals surface area contributed by atoms with Gasteiger partial charge in [0.25, 0.3) is 0 Å². The molecule has 0 radical (unpaired) electrons. The summed E-state index contributed by atoms with van der Waals surface area (Å²) in [6.45, 7) is 4.39. The summed E-state index contributed by atoms with van der Waals surface area (Å²) in [5.41, 5.74) is 2.21. The van der Waals surface area contributed by atoms with E-state index in [0.717, 1.165) is 22.5 Å². The topological polar surface area (TPSA) is 22.1 Å². The molecule has 0 bridgehead atoms. The number of nitrogens with zero attached hydrogens (tertiary/aromatic N) is 1. The van der Waals surface area contributed by atoms with Crippen LogP contribution in [0.1, 0.15) is 50.3 Å². The number of hydrogen-bond donors (Lipinski definition) is 0. The Hall–Kier alpha value is -0.830. The van der Waals surface area contributed by atoms with E-state index in [1.165, 1.54) is 18.4 Å². The van der Waals surface area contributed by atoms with Crippen molar-refractivity contribution in [3.8, 4) is 5.88 Å². The number of allylic oxidation sites excluding steroid dienone is 1. The molecule has 0 aromatic carbocycles. The standard InChI is InChI=1S/C15H20BrNO/c1-4-10(2)9-13(16)14-8-7-12(11-5-6-11)15(17-14)18-3/h7-11H,4-6H2,1-3H3/b13-9-. The maximum Gasteiger partial charge on any atom is 0.217 e. The van der Waals surface area contributed by atoms with Crippen LogP contribution in [-0.4, -0.2) is 12.1 Å². The minimum atomic E-state index is 0.551. The normalized spacial score (nSPS) is 17.7. The molecule has 1 aliphatic rings. The Morgan fingerprint density at radius 2 is 2.28 bits per heavy atom. The van der Waals surface area contributed by atoms with Gasteiger partial charge in [-0.15, -0.1) is 0 Å². The summed E-state index contributed by atoms with van der Waals surface area (Å²) >= 11 is 3.61. The van der Waals surface area contributed by atoms with Gasteiger partial charge in [-0.2, -0.15) is 0 Å². The van der Waals surface area contributed by atoms with Crippen LogP contribution in [0.25, 0.3) is 4.48 Å². The first-order valence-corrected chi connectivity index (χ1v) is 7.37. The molecule has 1 heterocycles. The van der Waals surface area contributed by atoms with Gasteiger partial charge in [0.15, 0.2) is 0 Å². The van der Waals surface area contributed by atoms with Crippen LogP contribution in [0.5, 0.6) is 5.88 Å². The third-order valence-electron chi connectivity index (χ3n) is 3.42. The number of pyridine rings is 1. The van der Waals surface area contributed by atoms with Crippen LogP contribution >= 0.6 is 15.9 Å². The predicted octanol–water partition coefficient (Wildman–Crippen LogP) is 4.75. The van der Waals surface area contributed by atoms with Crippen molar-refractivity contribution in [2.75, 3.05) is 7.11 Å². The summed E-state index contributed by atoms with van der Waals surface area (Å²) < 4.78 is 6.46. The first-order chi connectivity index (χ1) is 8.65. The van der Waals surface area contributed by atoms with Crippen molar-refractivity contribution >= 4 is 20.4 Å². The molecule has 18 heavy (non-hydrogen) atoms. The Labute approximate surface area is 118 Å². The van der Waals surface area contributed by atoms with Crippen molar-refractivity contribution in [2.24, 2.45) is 5.92 Å². The zero-order valence-electron chi connectivity index (χ0n) is 11.2. The van der Waals surface area contributed by atoms with Crippen LogP contribution < -0.4 is 4.74 Å². The van der Waals surface area contributed by atoms with Gasteiger partial charge in [-0.3, -0.25) is 0 Å². The second-order valence-corrected chi connectivity index (χ2v) is 5.82. The van der Waals surface area contributed by atoms with Crippen molar-refractivity contribution in [1.82, 2.24) is 4.98 Å². The summed E-state index contributed by atoms with van der Waals surface area (Å²) in [6.07, 6.45) is 5.87. The first kappa shape index (κ1) is 13.6. The molecule has 2 rings (SSSR count). The molecule has 0 saturated heterocycles. The molecule has 1 aromatic rings. The third kappa shape index (κ3) is 3.14. The minimum absolute atomic E-state index is 0.551. The first-order valence-electron chi connectivity index (χ1n) is 6.58. The van der Waals surface area contributed by atoms with Crippen molar-refractivity contribution in [1.29, 1.82) is 0 Å². The molecule has 98 valence electrons. The van der Waals surface area contributed by atoms with Gasteiger partial charge < -0.3 is 4.74 Å². The SMILES string of the molecule is CCC(C)/C=C(\Br)c1ccc(C2CC2)c(OC)n1. The molecule has 1 aliphatic carbocycles. The molecule has 0 N–H and O–H groups in total. The molecule has 0 aliphatic heterocycles. The zero-order chi connectivity index (χ0) is 13.1. The lowest BCUT2D eigenvalue weighted by Gasteiger charge is -2.09. The van der Waals surface area contributed by atoms with Crippen LogP contribution in [0, 0.1) is 5.92 Å². The number of hydrogen-bond acceptors (Lipinski definition) is 2. The largest absolute Gasteiger partial charge is 0.481 e. The van der Waals surface area contributed by atoms with Gasteiger partial charge in [-0.1, -0.05) is 32.4 Å². The van der Waals surface area contributed by atoms with Gasteiger partial charge in [0.2, 0.25) is 5.88 Å². The van der Waals surface area contributed by atoms with E-state index in [9.17, 15) is 0 Å². The highest BCUT2D eigenvalue weighted by Crippen LogP contribution is 2.44. The lowest BCUT2D eigenvalue weighted by molar-refractivity contribution is 0.392. The number of ether oxygens (including phenoxy) is 1. The fraction of sp³-hybridized carbons (Fsp3) is 0.533. The van der Waals surface area contributed by atoms with Crippen LogP contribution in [-0.2, 0) is 0 Å². The van der Waals surface area contributed by atoms with E-state index in [1.54, 1.807) is 7.11 Å². The maximum atomic E-state index is 5.41. The van der Waals surface area contributed by atoms with E-state index in [4.69, 9.17) is 4.74 Å². The quantitative estimate of drug-likeness (QED) is 0.783. The fourth-order valence-corrected chi connectivity index (χ4v) is 2.58. The van der Waals surface area contributed by atoms with E-state index in [0.29, 0.717) is 11.8 Å². The average Bonchev–Trinajstić information content (AvgIpc) is 3.22. The van der Waals surface area contributed by atoms with Gasteiger partial charge in [-0.25, -0.2) is 4.98 Å². The smallest absolute Gasteiger partial charge is 0.217 e. The van der Waals surface area contributed by atoms with Gasteiger partial charge >= 0.3 is 0 Å². The molecule has 1 unspecified atom stereocenters. The van der Waals surface area contributed by atoms with Crippen LogP contribution in [0.15, 0.2) is 18.2 Å². The average molecular weight is 310 g/mol. The minimum Gasteiger partial charge on any atom is -0.481 e. The summed E-state index contributed by atoms with van der Waals surface area (Å²) in [6, 6.07) is 4.24.